The van der Waals surface area contributed by atoms with Crippen LogP contribution in [0.5, 0.6) is 0 Å². The number of rotatable bonds is 5. The summed E-state index contributed by atoms with van der Waals surface area (Å²) in [4.78, 5) is 33.7. The zero-order valence-corrected chi connectivity index (χ0v) is 11.3. The normalized spacial score (nSPS) is 13.1. The highest BCUT2D eigenvalue weighted by molar-refractivity contribution is 5.98. The van der Waals surface area contributed by atoms with Crippen molar-refractivity contribution >= 4 is 23.6 Å². The zero-order chi connectivity index (χ0) is 15.3. The third-order valence-electron chi connectivity index (χ3n) is 2.98. The summed E-state index contributed by atoms with van der Waals surface area (Å²) in [5.74, 6) is -1.59. The van der Waals surface area contributed by atoms with E-state index in [0.29, 0.717) is 11.3 Å². The Labute approximate surface area is 116 Å². The largest absolute Gasteiger partial charge is 0.480 e. The van der Waals surface area contributed by atoms with Crippen molar-refractivity contribution < 1.29 is 19.5 Å². The van der Waals surface area contributed by atoms with Crippen LogP contribution in [0.25, 0.3) is 0 Å². The van der Waals surface area contributed by atoms with Crippen molar-refractivity contribution in [3.8, 4) is 0 Å². The molecule has 0 aliphatic heterocycles. The van der Waals surface area contributed by atoms with Crippen LogP contribution in [0.1, 0.15) is 30.6 Å². The number of anilines is 1. The Balaban J connectivity index is 2.83. The van der Waals surface area contributed by atoms with Gasteiger partial charge in [-0.05, 0) is 37.6 Å². The van der Waals surface area contributed by atoms with Crippen LogP contribution in [0.4, 0.5) is 10.5 Å². The van der Waals surface area contributed by atoms with Gasteiger partial charge in [-0.1, -0.05) is 6.92 Å². The molecule has 0 saturated carbocycles. The van der Waals surface area contributed by atoms with Crippen molar-refractivity contribution in [2.45, 2.75) is 25.8 Å². The Kier molecular flexibility index (Phi) is 4.68. The van der Waals surface area contributed by atoms with Crippen molar-refractivity contribution in [1.82, 2.24) is 5.32 Å². The van der Waals surface area contributed by atoms with Gasteiger partial charge in [0, 0.05) is 11.3 Å². The zero-order valence-electron chi connectivity index (χ0n) is 11.3. The number of carboxylic acids is 1. The molecule has 0 fully saturated rings. The van der Waals surface area contributed by atoms with Crippen LogP contribution < -0.4 is 16.4 Å². The summed E-state index contributed by atoms with van der Waals surface area (Å²) in [5, 5.41) is 13.9. The second-order valence-electron chi connectivity index (χ2n) is 4.51. The van der Waals surface area contributed by atoms with E-state index in [2.05, 4.69) is 10.6 Å². The van der Waals surface area contributed by atoms with Crippen LogP contribution in [-0.4, -0.2) is 28.6 Å². The van der Waals surface area contributed by atoms with Gasteiger partial charge in [-0.15, -0.1) is 0 Å². The third kappa shape index (κ3) is 3.71. The lowest BCUT2D eigenvalue weighted by Crippen LogP contribution is -2.51. The fourth-order valence-electron chi connectivity index (χ4n) is 1.46. The van der Waals surface area contributed by atoms with Crippen LogP contribution in [0.15, 0.2) is 24.3 Å². The number of nitrogens with one attached hydrogen (secondary N) is 2. The Morgan fingerprint density at radius 1 is 1.25 bits per heavy atom. The third-order valence-corrected chi connectivity index (χ3v) is 2.98. The van der Waals surface area contributed by atoms with Crippen LogP contribution >= 0.6 is 0 Å². The molecule has 1 unspecified atom stereocenters. The predicted octanol–water partition coefficient (Wildman–Crippen LogP) is 1.16. The van der Waals surface area contributed by atoms with Gasteiger partial charge in [0.1, 0.15) is 5.54 Å². The average molecular weight is 279 g/mol. The summed E-state index contributed by atoms with van der Waals surface area (Å²) >= 11 is 0. The molecule has 0 radical (unpaired) electrons. The van der Waals surface area contributed by atoms with Gasteiger partial charge in [0.25, 0.3) is 5.91 Å². The molecule has 1 rings (SSSR count). The number of aliphatic carboxylic acids is 1. The molecular weight excluding hydrogens is 262 g/mol. The molecule has 0 aliphatic rings. The minimum absolute atomic E-state index is 0.259. The number of urea groups is 1. The lowest BCUT2D eigenvalue weighted by atomic mass is 9.98. The number of carboxylic acid groups (broad SMARTS) is 1. The van der Waals surface area contributed by atoms with E-state index in [1.165, 1.54) is 31.2 Å². The molecule has 1 aromatic carbocycles. The molecule has 5 N–H and O–H groups in total. The maximum atomic E-state index is 12.0. The highest BCUT2D eigenvalue weighted by Gasteiger charge is 2.32. The van der Waals surface area contributed by atoms with Gasteiger partial charge in [-0.2, -0.15) is 0 Å². The van der Waals surface area contributed by atoms with Gasteiger partial charge in [0.15, 0.2) is 0 Å². The Morgan fingerprint density at radius 2 is 1.80 bits per heavy atom. The van der Waals surface area contributed by atoms with Gasteiger partial charge >= 0.3 is 12.0 Å². The molecule has 108 valence electrons. The molecule has 0 bridgehead atoms. The lowest BCUT2D eigenvalue weighted by molar-refractivity contribution is -0.143. The topological polar surface area (TPSA) is 122 Å². The van der Waals surface area contributed by atoms with Crippen molar-refractivity contribution in [2.75, 3.05) is 5.32 Å². The fraction of sp³-hybridized carbons (Fsp3) is 0.308. The first-order valence-corrected chi connectivity index (χ1v) is 6.01. The summed E-state index contributed by atoms with van der Waals surface area (Å²) in [6.45, 7) is 3.12. The summed E-state index contributed by atoms with van der Waals surface area (Å²) in [5.41, 5.74) is 4.39. The van der Waals surface area contributed by atoms with Gasteiger partial charge in [0.2, 0.25) is 0 Å². The number of amides is 3. The summed E-state index contributed by atoms with van der Waals surface area (Å²) < 4.78 is 0. The fourth-order valence-corrected chi connectivity index (χ4v) is 1.46. The first-order valence-electron chi connectivity index (χ1n) is 6.01. The van der Waals surface area contributed by atoms with Crippen molar-refractivity contribution in [3.05, 3.63) is 29.8 Å². The summed E-state index contributed by atoms with van der Waals surface area (Å²) in [6, 6.07) is 5.25. The van der Waals surface area contributed by atoms with Gasteiger partial charge in [0.05, 0.1) is 0 Å². The number of hydrogen-bond acceptors (Lipinski definition) is 3. The van der Waals surface area contributed by atoms with Crippen LogP contribution in [0, 0.1) is 0 Å². The highest BCUT2D eigenvalue weighted by atomic mass is 16.4. The molecule has 7 nitrogen and oxygen atoms in total. The minimum Gasteiger partial charge on any atom is -0.480 e. The number of benzene rings is 1. The number of primary amides is 1. The van der Waals surface area contributed by atoms with Gasteiger partial charge in [-0.25, -0.2) is 9.59 Å². The molecule has 0 saturated heterocycles. The van der Waals surface area contributed by atoms with Crippen LogP contribution in [0.3, 0.4) is 0 Å². The van der Waals surface area contributed by atoms with E-state index in [-0.39, 0.29) is 6.42 Å². The smallest absolute Gasteiger partial charge is 0.329 e. The predicted molar refractivity (Wildman–Crippen MR) is 73.4 cm³/mol. The van der Waals surface area contributed by atoms with Crippen molar-refractivity contribution in [3.63, 3.8) is 0 Å². The number of carbonyl (C=O) groups excluding carboxylic acids is 2. The molecule has 0 aliphatic carbocycles. The van der Waals surface area contributed by atoms with Crippen molar-refractivity contribution in [1.29, 1.82) is 0 Å². The first kappa shape index (κ1) is 15.5. The number of carbonyl (C=O) groups is 3. The highest BCUT2D eigenvalue weighted by Crippen LogP contribution is 2.13. The Hall–Kier alpha value is -2.57. The molecule has 0 spiro atoms. The van der Waals surface area contributed by atoms with Gasteiger partial charge < -0.3 is 21.5 Å². The quantitative estimate of drug-likeness (QED) is 0.646. The maximum Gasteiger partial charge on any atom is 0.329 e. The first-order chi connectivity index (χ1) is 9.28. The monoisotopic (exact) mass is 279 g/mol. The number of hydrogen-bond donors (Lipinski definition) is 4. The van der Waals surface area contributed by atoms with E-state index in [1.54, 1.807) is 6.92 Å². The van der Waals surface area contributed by atoms with E-state index in [0.717, 1.165) is 0 Å². The van der Waals surface area contributed by atoms with Gasteiger partial charge in [-0.3, -0.25) is 4.79 Å². The lowest BCUT2D eigenvalue weighted by Gasteiger charge is -2.24. The molecule has 0 aromatic heterocycles. The van der Waals surface area contributed by atoms with Crippen LogP contribution in [-0.2, 0) is 4.79 Å². The SMILES string of the molecule is CCC(C)(NC(=O)c1ccc(NC(N)=O)cc1)C(=O)O. The molecule has 1 atom stereocenters. The number of nitrogens with two attached hydrogens (primary N) is 1. The molecule has 1 aromatic rings. The van der Waals surface area contributed by atoms with Crippen molar-refractivity contribution in [2.24, 2.45) is 5.73 Å². The van der Waals surface area contributed by atoms with E-state index < -0.39 is 23.4 Å². The Morgan fingerprint density at radius 3 is 2.20 bits per heavy atom. The molecule has 7 heteroatoms. The van der Waals surface area contributed by atoms with E-state index in [4.69, 9.17) is 10.8 Å². The van der Waals surface area contributed by atoms with E-state index in [9.17, 15) is 14.4 Å². The van der Waals surface area contributed by atoms with Crippen LogP contribution in [0.2, 0.25) is 0 Å². The second-order valence-corrected chi connectivity index (χ2v) is 4.51. The Bertz CT molecular complexity index is 527. The summed E-state index contributed by atoms with van der Waals surface area (Å²) in [6.07, 6.45) is 0.259. The summed E-state index contributed by atoms with van der Waals surface area (Å²) in [7, 11) is 0. The molecule has 20 heavy (non-hydrogen) atoms. The molecular formula is C13H17N3O4. The minimum atomic E-state index is -1.32. The van der Waals surface area contributed by atoms with E-state index in [1.807, 2.05) is 0 Å². The standard InChI is InChI=1S/C13H17N3O4/c1-3-13(2,11(18)19)16-10(17)8-4-6-9(7-5-8)15-12(14)20/h4-7H,3H2,1-2H3,(H,16,17)(H,18,19)(H3,14,15,20). The average Bonchev–Trinajstić information content (AvgIpc) is 2.38. The molecule has 3 amide bonds. The molecule has 0 heterocycles. The maximum absolute atomic E-state index is 12.0. The van der Waals surface area contributed by atoms with E-state index >= 15 is 0 Å². The second kappa shape index (κ2) is 6.05.